The number of nitrogens with two attached hydrogens (primary N) is 1. The van der Waals surface area contributed by atoms with Gasteiger partial charge in [0.1, 0.15) is 0 Å². The van der Waals surface area contributed by atoms with E-state index in [9.17, 15) is 5.11 Å². The molecule has 0 bridgehead atoms. The lowest BCUT2D eigenvalue weighted by Crippen LogP contribution is -2.21. The second-order valence-electron chi connectivity index (χ2n) is 3.37. The third-order valence-corrected chi connectivity index (χ3v) is 2.27. The van der Waals surface area contributed by atoms with Crippen molar-refractivity contribution < 1.29 is 9.52 Å². The van der Waals surface area contributed by atoms with E-state index in [-0.39, 0.29) is 18.0 Å². The van der Waals surface area contributed by atoms with Crippen LogP contribution in [-0.2, 0) is 0 Å². The standard InChI is InChI=1S/C7H12N4O2/c1-4-2-11(3-5(4)12)7-10-9-6(8)13-7/h4-5,12H,2-3H2,1H3,(H2,8,9). The molecule has 2 heterocycles. The number of aromatic nitrogens is 2. The molecular weight excluding hydrogens is 172 g/mol. The van der Waals surface area contributed by atoms with Gasteiger partial charge in [0, 0.05) is 19.0 Å². The fourth-order valence-corrected chi connectivity index (χ4v) is 1.46. The van der Waals surface area contributed by atoms with E-state index >= 15 is 0 Å². The van der Waals surface area contributed by atoms with Gasteiger partial charge in [-0.2, -0.15) is 0 Å². The van der Waals surface area contributed by atoms with Crippen LogP contribution in [0.1, 0.15) is 6.92 Å². The number of hydrogen-bond acceptors (Lipinski definition) is 6. The van der Waals surface area contributed by atoms with Gasteiger partial charge in [-0.25, -0.2) is 0 Å². The molecule has 0 aromatic carbocycles. The summed E-state index contributed by atoms with van der Waals surface area (Å²) in [6.07, 6.45) is -0.326. The molecule has 6 nitrogen and oxygen atoms in total. The van der Waals surface area contributed by atoms with Crippen LogP contribution in [0.4, 0.5) is 12.0 Å². The van der Waals surface area contributed by atoms with Gasteiger partial charge in [-0.15, -0.1) is 0 Å². The van der Waals surface area contributed by atoms with E-state index < -0.39 is 0 Å². The Kier molecular flexibility index (Phi) is 1.84. The van der Waals surface area contributed by atoms with Crippen LogP contribution in [0.25, 0.3) is 0 Å². The Bertz CT molecular complexity index is 290. The first-order valence-corrected chi connectivity index (χ1v) is 4.19. The quantitative estimate of drug-likeness (QED) is 0.610. The molecule has 1 aliphatic heterocycles. The molecule has 6 heteroatoms. The Morgan fingerprint density at radius 1 is 1.54 bits per heavy atom. The second-order valence-corrected chi connectivity index (χ2v) is 3.37. The van der Waals surface area contributed by atoms with Crippen molar-refractivity contribution in [1.82, 2.24) is 10.2 Å². The predicted molar refractivity (Wildman–Crippen MR) is 46.1 cm³/mol. The van der Waals surface area contributed by atoms with Crippen molar-refractivity contribution in [3.8, 4) is 0 Å². The Hall–Kier alpha value is -1.30. The lowest BCUT2D eigenvalue weighted by atomic mass is 10.1. The van der Waals surface area contributed by atoms with Crippen molar-refractivity contribution in [3.63, 3.8) is 0 Å². The summed E-state index contributed by atoms with van der Waals surface area (Å²) >= 11 is 0. The number of nitrogens with zero attached hydrogens (tertiary/aromatic N) is 3. The molecule has 2 atom stereocenters. The highest BCUT2D eigenvalue weighted by molar-refractivity contribution is 5.30. The predicted octanol–water partition coefficient (Wildman–Crippen LogP) is -0.531. The minimum Gasteiger partial charge on any atom is -0.391 e. The van der Waals surface area contributed by atoms with Crippen molar-refractivity contribution in [2.24, 2.45) is 5.92 Å². The highest BCUT2D eigenvalue weighted by Gasteiger charge is 2.30. The Morgan fingerprint density at radius 3 is 2.77 bits per heavy atom. The molecular formula is C7H12N4O2. The molecule has 0 saturated carbocycles. The summed E-state index contributed by atoms with van der Waals surface area (Å²) in [7, 11) is 0. The molecule has 13 heavy (non-hydrogen) atoms. The van der Waals surface area contributed by atoms with E-state index in [4.69, 9.17) is 10.2 Å². The lowest BCUT2D eigenvalue weighted by Gasteiger charge is -2.10. The van der Waals surface area contributed by atoms with E-state index in [2.05, 4.69) is 10.2 Å². The average molecular weight is 184 g/mol. The zero-order chi connectivity index (χ0) is 9.42. The van der Waals surface area contributed by atoms with Gasteiger partial charge in [0.05, 0.1) is 6.10 Å². The summed E-state index contributed by atoms with van der Waals surface area (Å²) in [5.74, 6) is 0.230. The first kappa shape index (κ1) is 8.31. The molecule has 2 unspecified atom stereocenters. The largest absolute Gasteiger partial charge is 0.391 e. The molecule has 2 rings (SSSR count). The van der Waals surface area contributed by atoms with Crippen molar-refractivity contribution in [2.75, 3.05) is 23.7 Å². The number of β-amino-alcohol motifs (C(OH)–C–C–N with tert-alkyl or cyclic N) is 1. The molecule has 0 aliphatic carbocycles. The van der Waals surface area contributed by atoms with Gasteiger partial charge >= 0.3 is 12.0 Å². The minimum absolute atomic E-state index is 0.0593. The molecule has 1 aromatic rings. The maximum absolute atomic E-state index is 9.47. The topological polar surface area (TPSA) is 88.4 Å². The van der Waals surface area contributed by atoms with Gasteiger partial charge in [-0.3, -0.25) is 0 Å². The first-order valence-electron chi connectivity index (χ1n) is 4.19. The summed E-state index contributed by atoms with van der Waals surface area (Å²) < 4.78 is 5.03. The van der Waals surface area contributed by atoms with Crippen LogP contribution in [0.15, 0.2) is 4.42 Å². The fourth-order valence-electron chi connectivity index (χ4n) is 1.46. The summed E-state index contributed by atoms with van der Waals surface area (Å²) in [6, 6.07) is 0.449. The van der Waals surface area contributed by atoms with Gasteiger partial charge < -0.3 is 20.2 Å². The van der Waals surface area contributed by atoms with Crippen LogP contribution in [0, 0.1) is 5.92 Å². The van der Waals surface area contributed by atoms with Crippen LogP contribution >= 0.6 is 0 Å². The molecule has 1 aliphatic rings. The SMILES string of the molecule is CC1CN(c2nnc(N)o2)CC1O. The van der Waals surface area contributed by atoms with E-state index in [0.717, 1.165) is 6.54 Å². The smallest absolute Gasteiger partial charge is 0.319 e. The van der Waals surface area contributed by atoms with E-state index in [1.54, 1.807) is 0 Å². The third kappa shape index (κ3) is 1.44. The number of nitrogen functional groups attached to an aromatic ring is 1. The van der Waals surface area contributed by atoms with Crippen molar-refractivity contribution in [3.05, 3.63) is 0 Å². The molecule has 1 aromatic heterocycles. The zero-order valence-electron chi connectivity index (χ0n) is 7.34. The maximum atomic E-state index is 9.47. The monoisotopic (exact) mass is 184 g/mol. The molecule has 0 amide bonds. The number of aliphatic hydroxyl groups excluding tert-OH is 1. The van der Waals surface area contributed by atoms with Crippen LogP contribution in [-0.4, -0.2) is 34.5 Å². The van der Waals surface area contributed by atoms with Crippen molar-refractivity contribution in [1.29, 1.82) is 0 Å². The maximum Gasteiger partial charge on any atom is 0.319 e. The summed E-state index contributed by atoms with van der Waals surface area (Å²) in [5, 5.41) is 16.8. The summed E-state index contributed by atoms with van der Waals surface area (Å²) in [6.45, 7) is 3.23. The number of anilines is 2. The normalized spacial score (nSPS) is 28.3. The molecule has 0 spiro atoms. The third-order valence-electron chi connectivity index (χ3n) is 2.27. The van der Waals surface area contributed by atoms with E-state index in [1.807, 2.05) is 11.8 Å². The second kappa shape index (κ2) is 2.88. The average Bonchev–Trinajstić information content (AvgIpc) is 2.61. The van der Waals surface area contributed by atoms with Crippen LogP contribution < -0.4 is 10.6 Å². The molecule has 72 valence electrons. The van der Waals surface area contributed by atoms with Crippen molar-refractivity contribution in [2.45, 2.75) is 13.0 Å². The van der Waals surface area contributed by atoms with Crippen LogP contribution in [0.5, 0.6) is 0 Å². The Balaban J connectivity index is 2.11. The number of hydrogen-bond donors (Lipinski definition) is 2. The van der Waals surface area contributed by atoms with Gasteiger partial charge in [0.15, 0.2) is 0 Å². The summed E-state index contributed by atoms with van der Waals surface area (Å²) in [4.78, 5) is 1.83. The summed E-state index contributed by atoms with van der Waals surface area (Å²) in [5.41, 5.74) is 5.29. The minimum atomic E-state index is -0.326. The zero-order valence-corrected chi connectivity index (χ0v) is 7.34. The van der Waals surface area contributed by atoms with E-state index in [1.165, 1.54) is 0 Å². The van der Waals surface area contributed by atoms with Crippen LogP contribution in [0.2, 0.25) is 0 Å². The Labute approximate surface area is 75.3 Å². The van der Waals surface area contributed by atoms with Gasteiger partial charge in [0.25, 0.3) is 0 Å². The molecule has 3 N–H and O–H groups in total. The first-order chi connectivity index (χ1) is 6.16. The molecule has 1 fully saturated rings. The lowest BCUT2D eigenvalue weighted by molar-refractivity contribution is 0.157. The number of rotatable bonds is 1. The fraction of sp³-hybridized carbons (Fsp3) is 0.714. The highest BCUT2D eigenvalue weighted by atomic mass is 16.4. The van der Waals surface area contributed by atoms with Gasteiger partial charge in [-0.05, 0) is 0 Å². The Morgan fingerprint density at radius 2 is 2.31 bits per heavy atom. The molecule has 1 saturated heterocycles. The van der Waals surface area contributed by atoms with Crippen molar-refractivity contribution >= 4 is 12.0 Å². The van der Waals surface area contributed by atoms with E-state index in [0.29, 0.717) is 12.6 Å². The number of aliphatic hydroxyl groups is 1. The van der Waals surface area contributed by atoms with Gasteiger partial charge in [0.2, 0.25) is 0 Å². The van der Waals surface area contributed by atoms with Gasteiger partial charge in [-0.1, -0.05) is 17.1 Å². The van der Waals surface area contributed by atoms with Crippen LogP contribution in [0.3, 0.4) is 0 Å². The molecule has 0 radical (unpaired) electrons. The highest BCUT2D eigenvalue weighted by Crippen LogP contribution is 2.22.